The van der Waals surface area contributed by atoms with Crippen LogP contribution < -0.4 is 21.9 Å². The quantitative estimate of drug-likeness (QED) is 0.438. The Hall–Kier alpha value is -1.66. The highest BCUT2D eigenvalue weighted by molar-refractivity contribution is 5.39. The van der Waals surface area contributed by atoms with Gasteiger partial charge in [0.05, 0.1) is 5.70 Å². The summed E-state index contributed by atoms with van der Waals surface area (Å²) in [7, 11) is 0. The van der Waals surface area contributed by atoms with Crippen molar-refractivity contribution in [1.82, 2.24) is 15.3 Å². The summed E-state index contributed by atoms with van der Waals surface area (Å²) in [6.07, 6.45) is 4.10. The average molecular weight is 206 g/mol. The van der Waals surface area contributed by atoms with Gasteiger partial charge < -0.3 is 11.1 Å². The third kappa shape index (κ3) is 2.05. The molecule has 0 saturated carbocycles. The first-order valence-corrected chi connectivity index (χ1v) is 4.79. The van der Waals surface area contributed by atoms with Gasteiger partial charge in [-0.05, 0) is 6.07 Å². The van der Waals surface area contributed by atoms with Gasteiger partial charge in [0, 0.05) is 37.6 Å². The number of nitrogens with zero attached hydrogens (tertiary/aromatic N) is 3. The predicted molar refractivity (Wildman–Crippen MR) is 57.4 cm³/mol. The average Bonchev–Trinajstić information content (AvgIpc) is 2.30. The minimum atomic E-state index is 0.470. The van der Waals surface area contributed by atoms with E-state index < -0.39 is 0 Å². The SMILES string of the molecule is NC1=C(N(N)c2ncccn2)CCNC1. The molecule has 0 aromatic carbocycles. The minimum absolute atomic E-state index is 0.470. The number of hydrazine groups is 1. The largest absolute Gasteiger partial charge is 0.400 e. The van der Waals surface area contributed by atoms with Crippen LogP contribution >= 0.6 is 0 Å². The van der Waals surface area contributed by atoms with Gasteiger partial charge in [0.2, 0.25) is 5.95 Å². The van der Waals surface area contributed by atoms with Gasteiger partial charge in [0.15, 0.2) is 0 Å². The van der Waals surface area contributed by atoms with Crippen LogP contribution in [0.15, 0.2) is 29.9 Å². The van der Waals surface area contributed by atoms with Crippen LogP contribution in [0.4, 0.5) is 5.95 Å². The van der Waals surface area contributed by atoms with Gasteiger partial charge in [-0.25, -0.2) is 20.8 Å². The van der Waals surface area contributed by atoms with Crippen LogP contribution in [-0.2, 0) is 0 Å². The van der Waals surface area contributed by atoms with E-state index in [9.17, 15) is 0 Å². The maximum Gasteiger partial charge on any atom is 0.244 e. The zero-order valence-corrected chi connectivity index (χ0v) is 8.35. The lowest BCUT2D eigenvalue weighted by molar-refractivity contribution is 0.646. The summed E-state index contributed by atoms with van der Waals surface area (Å²) in [6, 6.07) is 1.75. The summed E-state index contributed by atoms with van der Waals surface area (Å²) in [5.74, 6) is 6.37. The molecule has 6 heteroatoms. The highest BCUT2D eigenvalue weighted by Crippen LogP contribution is 2.15. The van der Waals surface area contributed by atoms with E-state index in [1.165, 1.54) is 5.01 Å². The van der Waals surface area contributed by atoms with Crippen LogP contribution in [0.2, 0.25) is 0 Å². The molecule has 0 atom stereocenters. The molecular formula is C9H14N6. The van der Waals surface area contributed by atoms with Gasteiger partial charge in [-0.1, -0.05) is 0 Å². The van der Waals surface area contributed by atoms with Crippen LogP contribution in [0.1, 0.15) is 6.42 Å². The highest BCUT2D eigenvalue weighted by atomic mass is 15.5. The molecule has 0 fully saturated rings. The molecule has 1 aliphatic rings. The monoisotopic (exact) mass is 206 g/mol. The van der Waals surface area contributed by atoms with E-state index in [0.717, 1.165) is 24.4 Å². The molecule has 15 heavy (non-hydrogen) atoms. The Bertz CT molecular complexity index is 360. The molecule has 0 aliphatic carbocycles. The number of nitrogens with one attached hydrogen (secondary N) is 1. The number of hydrogen-bond acceptors (Lipinski definition) is 6. The number of anilines is 1. The van der Waals surface area contributed by atoms with Crippen LogP contribution in [0, 0.1) is 0 Å². The molecule has 0 spiro atoms. The summed E-state index contributed by atoms with van der Waals surface area (Å²) < 4.78 is 0. The van der Waals surface area contributed by atoms with Crippen molar-refractivity contribution in [1.29, 1.82) is 0 Å². The van der Waals surface area contributed by atoms with Crippen molar-refractivity contribution in [3.05, 3.63) is 29.9 Å². The number of hydrogen-bond donors (Lipinski definition) is 3. The van der Waals surface area contributed by atoms with Crippen LogP contribution in [-0.4, -0.2) is 23.1 Å². The third-order valence-electron chi connectivity index (χ3n) is 2.28. The first-order chi connectivity index (χ1) is 7.29. The van der Waals surface area contributed by atoms with Crippen molar-refractivity contribution in [3.8, 4) is 0 Å². The molecular weight excluding hydrogens is 192 g/mol. The van der Waals surface area contributed by atoms with Crippen molar-refractivity contribution in [2.75, 3.05) is 18.1 Å². The smallest absolute Gasteiger partial charge is 0.244 e. The Balaban J connectivity index is 2.24. The van der Waals surface area contributed by atoms with Crippen LogP contribution in [0.5, 0.6) is 0 Å². The number of rotatable bonds is 2. The van der Waals surface area contributed by atoms with Crippen molar-refractivity contribution >= 4 is 5.95 Å². The fourth-order valence-corrected chi connectivity index (χ4v) is 1.50. The third-order valence-corrected chi connectivity index (χ3v) is 2.28. The molecule has 6 nitrogen and oxygen atoms in total. The molecule has 0 unspecified atom stereocenters. The maximum absolute atomic E-state index is 5.90. The summed E-state index contributed by atoms with van der Waals surface area (Å²) in [6.45, 7) is 1.53. The second-order valence-corrected chi connectivity index (χ2v) is 3.32. The molecule has 1 aliphatic heterocycles. The van der Waals surface area contributed by atoms with E-state index in [2.05, 4.69) is 15.3 Å². The van der Waals surface area contributed by atoms with E-state index in [1.54, 1.807) is 18.5 Å². The Kier molecular flexibility index (Phi) is 2.79. The first-order valence-electron chi connectivity index (χ1n) is 4.79. The topological polar surface area (TPSA) is 93.1 Å². The van der Waals surface area contributed by atoms with Gasteiger partial charge in [0.1, 0.15) is 0 Å². The molecule has 0 amide bonds. The van der Waals surface area contributed by atoms with E-state index >= 15 is 0 Å². The Morgan fingerprint density at radius 2 is 2.07 bits per heavy atom. The predicted octanol–water partition coefficient (Wildman–Crippen LogP) is -0.680. The van der Waals surface area contributed by atoms with E-state index in [-0.39, 0.29) is 0 Å². The van der Waals surface area contributed by atoms with Crippen molar-refractivity contribution in [2.24, 2.45) is 11.6 Å². The second kappa shape index (κ2) is 4.24. The summed E-state index contributed by atoms with van der Waals surface area (Å²) in [5, 5.41) is 4.62. The van der Waals surface area contributed by atoms with Gasteiger partial charge >= 0.3 is 0 Å². The lowest BCUT2D eigenvalue weighted by Gasteiger charge is -2.25. The van der Waals surface area contributed by atoms with E-state index in [4.69, 9.17) is 11.6 Å². The Morgan fingerprint density at radius 3 is 2.73 bits per heavy atom. The molecule has 0 bridgehead atoms. The summed E-state index contributed by atoms with van der Waals surface area (Å²) in [4.78, 5) is 8.14. The fraction of sp³-hybridized carbons (Fsp3) is 0.333. The lowest BCUT2D eigenvalue weighted by Crippen LogP contribution is -2.40. The van der Waals surface area contributed by atoms with Crippen molar-refractivity contribution in [3.63, 3.8) is 0 Å². The maximum atomic E-state index is 5.90. The molecule has 0 radical (unpaired) electrons. The van der Waals surface area contributed by atoms with Crippen molar-refractivity contribution in [2.45, 2.75) is 6.42 Å². The highest BCUT2D eigenvalue weighted by Gasteiger charge is 2.16. The van der Waals surface area contributed by atoms with Crippen LogP contribution in [0.25, 0.3) is 0 Å². The van der Waals surface area contributed by atoms with Crippen molar-refractivity contribution < 1.29 is 0 Å². The van der Waals surface area contributed by atoms with Gasteiger partial charge in [-0.2, -0.15) is 0 Å². The number of nitrogens with two attached hydrogens (primary N) is 2. The van der Waals surface area contributed by atoms with Gasteiger partial charge in [0.25, 0.3) is 0 Å². The first kappa shape index (κ1) is 9.88. The van der Waals surface area contributed by atoms with E-state index in [1.807, 2.05) is 0 Å². The Morgan fingerprint density at radius 1 is 1.33 bits per heavy atom. The minimum Gasteiger partial charge on any atom is -0.400 e. The molecule has 2 heterocycles. The van der Waals surface area contributed by atoms with Gasteiger partial charge in [-0.15, -0.1) is 0 Å². The normalized spacial score (nSPS) is 16.6. The molecule has 0 saturated heterocycles. The molecule has 1 aromatic heterocycles. The second-order valence-electron chi connectivity index (χ2n) is 3.32. The Labute approximate surface area is 88.0 Å². The summed E-state index contributed by atoms with van der Waals surface area (Å²) >= 11 is 0. The zero-order chi connectivity index (χ0) is 10.7. The fourth-order valence-electron chi connectivity index (χ4n) is 1.50. The standard InChI is InChI=1S/C9H14N6/c10-7-6-12-5-2-8(7)15(11)9-13-3-1-4-14-9/h1,3-4,12H,2,5-6,10-11H2. The lowest BCUT2D eigenvalue weighted by atomic mass is 10.2. The van der Waals surface area contributed by atoms with Crippen LogP contribution in [0.3, 0.4) is 0 Å². The van der Waals surface area contributed by atoms with E-state index in [0.29, 0.717) is 12.5 Å². The molecule has 1 aromatic rings. The summed E-state index contributed by atoms with van der Waals surface area (Å²) in [5.41, 5.74) is 7.49. The van der Waals surface area contributed by atoms with Gasteiger partial charge in [-0.3, -0.25) is 0 Å². The molecule has 5 N–H and O–H groups in total. The zero-order valence-electron chi connectivity index (χ0n) is 8.35. The molecule has 80 valence electrons. The molecule has 2 rings (SSSR count). The number of aromatic nitrogens is 2.